The highest BCUT2D eigenvalue weighted by atomic mass is 35.5. The minimum atomic E-state index is 0.510. The number of aryl methyl sites for hydroxylation is 2. The molecule has 2 rings (SSSR count). The number of halogens is 1. The highest BCUT2D eigenvalue weighted by Crippen LogP contribution is 2.26. The Morgan fingerprint density at radius 3 is 2.62 bits per heavy atom. The van der Waals surface area contributed by atoms with E-state index in [-0.39, 0.29) is 0 Å². The summed E-state index contributed by atoms with van der Waals surface area (Å²) in [5.74, 6) is 0.924. The largest absolute Gasteiger partial charge is 0.492 e. The SMILES string of the molecule is Cc1cc(OCC2CCCN2)cc(C)c1Cl. The number of benzene rings is 1. The Kier molecular flexibility index (Phi) is 3.72. The molecule has 1 aromatic rings. The molecule has 1 heterocycles. The monoisotopic (exact) mass is 239 g/mol. The van der Waals surface area contributed by atoms with Crippen LogP contribution in [0.1, 0.15) is 24.0 Å². The van der Waals surface area contributed by atoms with Gasteiger partial charge in [-0.15, -0.1) is 0 Å². The topological polar surface area (TPSA) is 21.3 Å². The fraction of sp³-hybridized carbons (Fsp3) is 0.538. The minimum absolute atomic E-state index is 0.510. The van der Waals surface area contributed by atoms with Crippen molar-refractivity contribution in [3.63, 3.8) is 0 Å². The molecule has 1 atom stereocenters. The van der Waals surface area contributed by atoms with Crippen LogP contribution in [0.4, 0.5) is 0 Å². The zero-order valence-corrected chi connectivity index (χ0v) is 10.6. The second kappa shape index (κ2) is 5.07. The van der Waals surface area contributed by atoms with E-state index in [0.29, 0.717) is 6.04 Å². The smallest absolute Gasteiger partial charge is 0.120 e. The Morgan fingerprint density at radius 1 is 1.38 bits per heavy atom. The zero-order valence-electron chi connectivity index (χ0n) is 9.85. The standard InChI is InChI=1S/C13H18ClNO/c1-9-6-12(7-10(2)13(9)14)16-8-11-4-3-5-15-11/h6-7,11,15H,3-5,8H2,1-2H3. The summed E-state index contributed by atoms with van der Waals surface area (Å²) in [6.45, 7) is 5.89. The molecule has 1 aliphatic heterocycles. The predicted octanol–water partition coefficient (Wildman–Crippen LogP) is 3.09. The molecule has 0 saturated carbocycles. The van der Waals surface area contributed by atoms with Crippen molar-refractivity contribution in [1.82, 2.24) is 5.32 Å². The van der Waals surface area contributed by atoms with Gasteiger partial charge in [-0.25, -0.2) is 0 Å². The average Bonchev–Trinajstić information content (AvgIpc) is 2.75. The van der Waals surface area contributed by atoms with Gasteiger partial charge in [0.05, 0.1) is 0 Å². The van der Waals surface area contributed by atoms with E-state index in [9.17, 15) is 0 Å². The first-order chi connectivity index (χ1) is 7.66. The van der Waals surface area contributed by atoms with Crippen LogP contribution in [-0.4, -0.2) is 19.2 Å². The number of nitrogens with one attached hydrogen (secondary N) is 1. The summed E-state index contributed by atoms with van der Waals surface area (Å²) < 4.78 is 5.79. The molecule has 1 unspecified atom stereocenters. The van der Waals surface area contributed by atoms with Gasteiger partial charge in [0, 0.05) is 11.1 Å². The lowest BCUT2D eigenvalue weighted by molar-refractivity contribution is 0.277. The van der Waals surface area contributed by atoms with E-state index in [1.54, 1.807) is 0 Å². The summed E-state index contributed by atoms with van der Waals surface area (Å²) in [6.07, 6.45) is 2.47. The van der Waals surface area contributed by atoms with Crippen LogP contribution in [0.15, 0.2) is 12.1 Å². The van der Waals surface area contributed by atoms with Crippen molar-refractivity contribution in [2.45, 2.75) is 32.7 Å². The van der Waals surface area contributed by atoms with Gasteiger partial charge in [0.1, 0.15) is 12.4 Å². The first kappa shape index (κ1) is 11.7. The third-order valence-electron chi connectivity index (χ3n) is 3.02. The third kappa shape index (κ3) is 2.69. The molecule has 0 bridgehead atoms. The summed E-state index contributed by atoms with van der Waals surface area (Å²) in [6, 6.07) is 4.52. The van der Waals surface area contributed by atoms with Crippen LogP contribution in [0, 0.1) is 13.8 Å². The van der Waals surface area contributed by atoms with E-state index in [1.165, 1.54) is 12.8 Å². The number of ether oxygens (including phenoxy) is 1. The lowest BCUT2D eigenvalue weighted by atomic mass is 10.1. The van der Waals surface area contributed by atoms with Crippen molar-refractivity contribution < 1.29 is 4.74 Å². The van der Waals surface area contributed by atoms with Crippen molar-refractivity contribution in [3.05, 3.63) is 28.3 Å². The minimum Gasteiger partial charge on any atom is -0.492 e. The molecule has 1 aromatic carbocycles. The van der Waals surface area contributed by atoms with Gasteiger partial charge in [-0.3, -0.25) is 0 Å². The molecule has 0 aromatic heterocycles. The van der Waals surface area contributed by atoms with Crippen LogP contribution >= 0.6 is 11.6 Å². The van der Waals surface area contributed by atoms with Gasteiger partial charge in [0.15, 0.2) is 0 Å². The molecule has 2 nitrogen and oxygen atoms in total. The fourth-order valence-corrected chi connectivity index (χ4v) is 2.19. The Bertz CT molecular complexity index is 349. The molecule has 0 radical (unpaired) electrons. The Balaban J connectivity index is 1.98. The van der Waals surface area contributed by atoms with Gasteiger partial charge in [-0.1, -0.05) is 11.6 Å². The molecule has 3 heteroatoms. The highest BCUT2D eigenvalue weighted by molar-refractivity contribution is 6.32. The van der Waals surface area contributed by atoms with Crippen molar-refractivity contribution in [1.29, 1.82) is 0 Å². The van der Waals surface area contributed by atoms with Crippen molar-refractivity contribution in [2.24, 2.45) is 0 Å². The number of rotatable bonds is 3. The zero-order chi connectivity index (χ0) is 11.5. The summed E-state index contributed by atoms with van der Waals surface area (Å²) in [4.78, 5) is 0. The Morgan fingerprint density at radius 2 is 2.06 bits per heavy atom. The fourth-order valence-electron chi connectivity index (χ4n) is 2.09. The van der Waals surface area contributed by atoms with Crippen LogP contribution in [0.2, 0.25) is 5.02 Å². The van der Waals surface area contributed by atoms with Gasteiger partial charge in [0.2, 0.25) is 0 Å². The van der Waals surface area contributed by atoms with Crippen LogP contribution in [-0.2, 0) is 0 Å². The quantitative estimate of drug-likeness (QED) is 0.875. The van der Waals surface area contributed by atoms with E-state index in [0.717, 1.165) is 35.1 Å². The predicted molar refractivity (Wildman–Crippen MR) is 67.4 cm³/mol. The third-order valence-corrected chi connectivity index (χ3v) is 3.62. The summed E-state index contributed by atoms with van der Waals surface area (Å²) in [7, 11) is 0. The normalized spacial score (nSPS) is 20.1. The lowest BCUT2D eigenvalue weighted by Gasteiger charge is -2.13. The van der Waals surface area contributed by atoms with E-state index in [1.807, 2.05) is 26.0 Å². The molecule has 1 aliphatic rings. The van der Waals surface area contributed by atoms with Gasteiger partial charge in [0.25, 0.3) is 0 Å². The molecule has 88 valence electrons. The second-order valence-corrected chi connectivity index (χ2v) is 4.85. The summed E-state index contributed by atoms with van der Waals surface area (Å²) in [5, 5.41) is 4.26. The second-order valence-electron chi connectivity index (χ2n) is 4.48. The molecule has 0 amide bonds. The number of hydrogen-bond donors (Lipinski definition) is 1. The molecule has 16 heavy (non-hydrogen) atoms. The maximum absolute atomic E-state index is 6.11. The van der Waals surface area contributed by atoms with Crippen LogP contribution < -0.4 is 10.1 Å². The van der Waals surface area contributed by atoms with Gasteiger partial charge in [-0.05, 0) is 56.5 Å². The molecular weight excluding hydrogens is 222 g/mol. The van der Waals surface area contributed by atoms with E-state index >= 15 is 0 Å². The van der Waals surface area contributed by atoms with Crippen molar-refractivity contribution >= 4 is 11.6 Å². The molecule has 0 spiro atoms. The van der Waals surface area contributed by atoms with Crippen LogP contribution in [0.3, 0.4) is 0 Å². The van der Waals surface area contributed by atoms with Crippen LogP contribution in [0.5, 0.6) is 5.75 Å². The Hall–Kier alpha value is -0.730. The van der Waals surface area contributed by atoms with Crippen molar-refractivity contribution in [3.8, 4) is 5.75 Å². The average molecular weight is 240 g/mol. The van der Waals surface area contributed by atoms with Crippen molar-refractivity contribution in [2.75, 3.05) is 13.2 Å². The Labute approximate surface area is 102 Å². The summed E-state index contributed by atoms with van der Waals surface area (Å²) in [5.41, 5.74) is 2.16. The molecular formula is C13H18ClNO. The number of hydrogen-bond acceptors (Lipinski definition) is 2. The molecule has 0 aliphatic carbocycles. The van der Waals surface area contributed by atoms with E-state index in [2.05, 4.69) is 5.32 Å². The van der Waals surface area contributed by atoms with E-state index < -0.39 is 0 Å². The first-order valence-corrected chi connectivity index (χ1v) is 6.17. The molecule has 1 saturated heterocycles. The maximum Gasteiger partial charge on any atom is 0.120 e. The highest BCUT2D eigenvalue weighted by Gasteiger charge is 2.14. The maximum atomic E-state index is 6.11. The lowest BCUT2D eigenvalue weighted by Crippen LogP contribution is -2.28. The van der Waals surface area contributed by atoms with E-state index in [4.69, 9.17) is 16.3 Å². The van der Waals surface area contributed by atoms with Gasteiger partial charge in [-0.2, -0.15) is 0 Å². The molecule has 1 N–H and O–H groups in total. The van der Waals surface area contributed by atoms with Crippen LogP contribution in [0.25, 0.3) is 0 Å². The molecule has 1 fully saturated rings. The summed E-state index contributed by atoms with van der Waals surface area (Å²) >= 11 is 6.11. The van der Waals surface area contributed by atoms with Gasteiger partial charge < -0.3 is 10.1 Å². The van der Waals surface area contributed by atoms with Gasteiger partial charge >= 0.3 is 0 Å². The first-order valence-electron chi connectivity index (χ1n) is 5.80.